The van der Waals surface area contributed by atoms with E-state index in [4.69, 9.17) is 0 Å². The van der Waals surface area contributed by atoms with Gasteiger partial charge in [0.25, 0.3) is 0 Å². The highest BCUT2D eigenvalue weighted by atomic mass is 16.1. The van der Waals surface area contributed by atoms with Gasteiger partial charge in [-0.1, -0.05) is 49.4 Å². The third kappa shape index (κ3) is 3.77. The lowest BCUT2D eigenvalue weighted by molar-refractivity contribution is -0.125. The Hall–Kier alpha value is -1.96. The molecule has 1 atom stereocenters. The lowest BCUT2D eigenvalue weighted by Gasteiger charge is -2.12. The van der Waals surface area contributed by atoms with Gasteiger partial charge in [-0.3, -0.25) is 9.59 Å². The van der Waals surface area contributed by atoms with Crippen LogP contribution in [0.1, 0.15) is 44.6 Å². The van der Waals surface area contributed by atoms with Crippen molar-refractivity contribution in [3.63, 3.8) is 0 Å². The minimum absolute atomic E-state index is 0.0464. The first-order valence-electron chi connectivity index (χ1n) is 7.06. The summed E-state index contributed by atoms with van der Waals surface area (Å²) in [6.07, 6.45) is 1.35. The molecule has 0 fully saturated rings. The van der Waals surface area contributed by atoms with Crippen LogP contribution in [-0.4, -0.2) is 11.6 Å². The molecule has 0 heterocycles. The minimum Gasteiger partial charge on any atom is -0.300 e. The number of hydrogen-bond acceptors (Lipinski definition) is 2. The number of hydrogen-bond donors (Lipinski definition) is 0. The molecule has 0 spiro atoms. The van der Waals surface area contributed by atoms with Crippen LogP contribution < -0.4 is 0 Å². The topological polar surface area (TPSA) is 34.1 Å². The van der Waals surface area contributed by atoms with Crippen LogP contribution in [0.5, 0.6) is 0 Å². The van der Waals surface area contributed by atoms with Crippen molar-refractivity contribution in [3.8, 4) is 0 Å². The Morgan fingerprint density at radius 3 is 2.45 bits per heavy atom. The zero-order valence-electron chi connectivity index (χ0n) is 12.1. The third-order valence-electron chi connectivity index (χ3n) is 3.64. The van der Waals surface area contributed by atoms with Crippen molar-refractivity contribution in [2.45, 2.75) is 39.0 Å². The monoisotopic (exact) mass is 268 g/mol. The van der Waals surface area contributed by atoms with Crippen LogP contribution in [-0.2, 0) is 9.59 Å². The number of carbonyl (C=O) groups excluding carboxylic acids is 2. The fourth-order valence-electron chi connectivity index (χ4n) is 2.42. The van der Waals surface area contributed by atoms with E-state index < -0.39 is 0 Å². The van der Waals surface area contributed by atoms with Crippen LogP contribution in [0.4, 0.5) is 0 Å². The fourth-order valence-corrected chi connectivity index (χ4v) is 2.42. The zero-order valence-corrected chi connectivity index (χ0v) is 12.1. The van der Waals surface area contributed by atoms with Crippen LogP contribution in [0.15, 0.2) is 42.5 Å². The van der Waals surface area contributed by atoms with E-state index in [1.807, 2.05) is 12.1 Å². The van der Waals surface area contributed by atoms with Crippen LogP contribution in [0, 0.1) is 0 Å². The van der Waals surface area contributed by atoms with Crippen LogP contribution >= 0.6 is 0 Å². The third-order valence-corrected chi connectivity index (χ3v) is 3.64. The van der Waals surface area contributed by atoms with Gasteiger partial charge in [-0.25, -0.2) is 0 Å². The molecular formula is C18H20O2. The molecule has 0 radical (unpaired) electrons. The van der Waals surface area contributed by atoms with Crippen LogP contribution in [0.3, 0.4) is 0 Å². The van der Waals surface area contributed by atoms with Gasteiger partial charge >= 0.3 is 0 Å². The first-order chi connectivity index (χ1) is 9.56. The predicted molar refractivity (Wildman–Crippen MR) is 81.9 cm³/mol. The quantitative estimate of drug-likeness (QED) is 0.733. The smallest absolute Gasteiger partial charge is 0.140 e. The second kappa shape index (κ2) is 6.47. The molecule has 0 aliphatic heterocycles. The molecule has 0 aliphatic carbocycles. The maximum atomic E-state index is 11.6. The van der Waals surface area contributed by atoms with Crippen LogP contribution in [0.25, 0.3) is 10.8 Å². The summed E-state index contributed by atoms with van der Waals surface area (Å²) < 4.78 is 0. The Morgan fingerprint density at radius 2 is 1.75 bits per heavy atom. The van der Waals surface area contributed by atoms with Gasteiger partial charge in [0.1, 0.15) is 11.6 Å². The molecule has 2 heteroatoms. The average Bonchev–Trinajstić information content (AvgIpc) is 2.43. The lowest BCUT2D eigenvalue weighted by atomic mass is 9.92. The molecule has 0 saturated heterocycles. The average molecular weight is 268 g/mol. The molecule has 2 aromatic carbocycles. The van der Waals surface area contributed by atoms with Crippen molar-refractivity contribution in [1.29, 1.82) is 0 Å². The molecule has 0 N–H and O–H groups in total. The summed E-state index contributed by atoms with van der Waals surface area (Å²) in [5.74, 6) is 0.328. The maximum absolute atomic E-state index is 11.6. The van der Waals surface area contributed by atoms with Crippen molar-refractivity contribution < 1.29 is 9.59 Å². The SMILES string of the molecule is CC(=O)CC(=O)CC[C@H](C)c1ccc2ccccc2c1. The Kier molecular flexibility index (Phi) is 4.67. The molecule has 0 aliphatic rings. The summed E-state index contributed by atoms with van der Waals surface area (Å²) >= 11 is 0. The van der Waals surface area contributed by atoms with E-state index in [9.17, 15) is 9.59 Å². The van der Waals surface area contributed by atoms with E-state index in [0.717, 1.165) is 6.42 Å². The van der Waals surface area contributed by atoms with Crippen LogP contribution in [0.2, 0.25) is 0 Å². The van der Waals surface area contributed by atoms with E-state index in [0.29, 0.717) is 12.3 Å². The molecule has 2 rings (SSSR count). The highest BCUT2D eigenvalue weighted by molar-refractivity contribution is 5.97. The number of benzene rings is 2. The summed E-state index contributed by atoms with van der Waals surface area (Å²) in [6, 6.07) is 14.7. The van der Waals surface area contributed by atoms with Crippen molar-refractivity contribution in [2.75, 3.05) is 0 Å². The van der Waals surface area contributed by atoms with Gasteiger partial charge in [-0.05, 0) is 35.6 Å². The first-order valence-corrected chi connectivity index (χ1v) is 7.06. The first kappa shape index (κ1) is 14.4. The summed E-state index contributed by atoms with van der Waals surface area (Å²) in [6.45, 7) is 3.59. The second-order valence-electron chi connectivity index (χ2n) is 5.46. The van der Waals surface area contributed by atoms with Gasteiger partial charge in [0, 0.05) is 6.42 Å². The Balaban J connectivity index is 2.02. The molecule has 0 amide bonds. The molecule has 0 aromatic heterocycles. The van der Waals surface area contributed by atoms with Crippen molar-refractivity contribution >= 4 is 22.3 Å². The summed E-state index contributed by atoms with van der Waals surface area (Å²) in [5, 5.41) is 2.46. The Bertz CT molecular complexity index is 628. The van der Waals surface area contributed by atoms with Crippen molar-refractivity contribution in [3.05, 3.63) is 48.0 Å². The number of carbonyl (C=O) groups is 2. The largest absolute Gasteiger partial charge is 0.300 e. The molecule has 0 bridgehead atoms. The van der Waals surface area contributed by atoms with Gasteiger partial charge < -0.3 is 0 Å². The molecule has 2 aromatic rings. The number of rotatable bonds is 6. The molecule has 20 heavy (non-hydrogen) atoms. The summed E-state index contributed by atoms with van der Waals surface area (Å²) in [4.78, 5) is 22.5. The highest BCUT2D eigenvalue weighted by Crippen LogP contribution is 2.25. The minimum atomic E-state index is -0.0478. The molecule has 104 valence electrons. The highest BCUT2D eigenvalue weighted by Gasteiger charge is 2.10. The standard InChI is InChI=1S/C18H20O2/c1-13(7-10-18(20)11-14(2)19)16-9-8-15-5-3-4-6-17(15)12-16/h3-6,8-9,12-13H,7,10-11H2,1-2H3/t13-/m0/s1. The van der Waals surface area contributed by atoms with Gasteiger partial charge in [-0.15, -0.1) is 0 Å². The maximum Gasteiger partial charge on any atom is 0.140 e. The number of Topliss-reactive ketones (excluding diaryl/α,β-unsaturated/α-hetero) is 2. The fraction of sp³-hybridized carbons (Fsp3) is 0.333. The van der Waals surface area contributed by atoms with Gasteiger partial charge in [0.2, 0.25) is 0 Å². The normalized spacial score (nSPS) is 12.3. The van der Waals surface area contributed by atoms with Crippen molar-refractivity contribution in [1.82, 2.24) is 0 Å². The van der Waals surface area contributed by atoms with E-state index in [2.05, 4.69) is 37.3 Å². The number of ketones is 2. The van der Waals surface area contributed by atoms with Gasteiger partial charge in [0.05, 0.1) is 6.42 Å². The van der Waals surface area contributed by atoms with E-state index in [1.165, 1.54) is 23.3 Å². The molecule has 0 saturated carbocycles. The Morgan fingerprint density at radius 1 is 1.05 bits per heavy atom. The molecule has 2 nitrogen and oxygen atoms in total. The predicted octanol–water partition coefficient (Wildman–Crippen LogP) is 4.27. The van der Waals surface area contributed by atoms with Crippen molar-refractivity contribution in [2.24, 2.45) is 0 Å². The van der Waals surface area contributed by atoms with E-state index >= 15 is 0 Å². The second-order valence-corrected chi connectivity index (χ2v) is 5.46. The lowest BCUT2D eigenvalue weighted by Crippen LogP contribution is -2.06. The van der Waals surface area contributed by atoms with E-state index in [-0.39, 0.29) is 18.0 Å². The van der Waals surface area contributed by atoms with Gasteiger partial charge in [0.15, 0.2) is 0 Å². The molecular weight excluding hydrogens is 248 g/mol. The zero-order chi connectivity index (χ0) is 14.5. The summed E-state index contributed by atoms with van der Waals surface area (Å²) in [5.41, 5.74) is 1.25. The van der Waals surface area contributed by atoms with Gasteiger partial charge in [-0.2, -0.15) is 0 Å². The molecule has 0 unspecified atom stereocenters. The Labute approximate surface area is 119 Å². The number of fused-ring (bicyclic) bond motifs is 1. The van der Waals surface area contributed by atoms with E-state index in [1.54, 1.807) is 0 Å². The summed E-state index contributed by atoms with van der Waals surface area (Å²) in [7, 11) is 0.